The van der Waals surface area contributed by atoms with E-state index >= 15 is 0 Å². The zero-order valence-corrected chi connectivity index (χ0v) is 17.1. The molecule has 1 aliphatic heterocycles. The molecule has 0 bridgehead atoms. The Morgan fingerprint density at radius 3 is 2.56 bits per heavy atom. The van der Waals surface area contributed by atoms with Gasteiger partial charge in [0, 0.05) is 31.5 Å². The Labute approximate surface area is 165 Å². The lowest BCUT2D eigenvalue weighted by atomic mass is 10.1. The van der Waals surface area contributed by atoms with Crippen LogP contribution in [0.2, 0.25) is 0 Å². The summed E-state index contributed by atoms with van der Waals surface area (Å²) in [5.74, 6) is 0.505. The van der Waals surface area contributed by atoms with Gasteiger partial charge < -0.3 is 16.4 Å². The highest BCUT2D eigenvalue weighted by Gasteiger charge is 2.22. The number of ketones is 1. The number of carbonyl (C=O) groups is 2. The second-order valence-electron chi connectivity index (χ2n) is 6.77. The van der Waals surface area contributed by atoms with Crippen LogP contribution < -0.4 is 11.5 Å². The van der Waals surface area contributed by atoms with Crippen molar-refractivity contribution >= 4 is 40.6 Å². The van der Waals surface area contributed by atoms with Crippen LogP contribution in [-0.4, -0.2) is 42.1 Å². The first-order valence-electron chi connectivity index (χ1n) is 9.70. The average Bonchev–Trinajstić information content (AvgIpc) is 2.95. The third-order valence-corrected chi connectivity index (χ3v) is 5.48. The third kappa shape index (κ3) is 5.74. The molecule has 1 aromatic heterocycles. The lowest BCUT2D eigenvalue weighted by Crippen LogP contribution is -2.34. The molecule has 2 rings (SSSR count). The molecule has 6 nitrogen and oxygen atoms in total. The highest BCUT2D eigenvalue weighted by Crippen LogP contribution is 2.35. The fourth-order valence-electron chi connectivity index (χ4n) is 3.07. The molecule has 0 saturated heterocycles. The van der Waals surface area contributed by atoms with Crippen molar-refractivity contribution in [2.75, 3.05) is 19.6 Å². The molecule has 0 aliphatic carbocycles. The highest BCUT2D eigenvalue weighted by atomic mass is 32.1. The minimum Gasteiger partial charge on any atom is -0.387 e. The number of rotatable bonds is 10. The van der Waals surface area contributed by atoms with Crippen molar-refractivity contribution in [2.24, 2.45) is 16.5 Å². The van der Waals surface area contributed by atoms with Gasteiger partial charge in [-0.2, -0.15) is 0 Å². The molecular weight excluding hydrogens is 360 g/mol. The van der Waals surface area contributed by atoms with Gasteiger partial charge in [0.1, 0.15) is 5.84 Å². The summed E-state index contributed by atoms with van der Waals surface area (Å²) >= 11 is 1.39. The van der Waals surface area contributed by atoms with Crippen molar-refractivity contribution in [3.05, 3.63) is 21.4 Å². The number of hydrogen-bond donors (Lipinski definition) is 2. The molecule has 7 heteroatoms. The Kier molecular flexibility index (Phi) is 8.19. The molecule has 0 fully saturated rings. The summed E-state index contributed by atoms with van der Waals surface area (Å²) in [5, 5.41) is 0. The van der Waals surface area contributed by atoms with Crippen LogP contribution in [0.3, 0.4) is 0 Å². The van der Waals surface area contributed by atoms with Crippen LogP contribution in [0.15, 0.2) is 16.6 Å². The van der Waals surface area contributed by atoms with E-state index in [0.717, 1.165) is 43.6 Å². The van der Waals surface area contributed by atoms with Crippen LogP contribution in [0, 0.1) is 0 Å². The Bertz CT molecular complexity index is 730. The van der Waals surface area contributed by atoms with Crippen molar-refractivity contribution < 1.29 is 9.59 Å². The standard InChI is InChI=1S/C20H30N4O2S/c1-3-9-24(10-4-2)20(26)14-11-17-15(23-19(22)12-14)13-18(27-17)16(25)7-5-6-8-21/h11,13H,3-10,12,21H2,1-2H3,(H2,22,23). The zero-order valence-electron chi connectivity index (χ0n) is 16.3. The molecule has 0 radical (unpaired) electrons. The molecular formula is C20H30N4O2S. The predicted molar refractivity (Wildman–Crippen MR) is 113 cm³/mol. The van der Waals surface area contributed by atoms with Gasteiger partial charge in [-0.15, -0.1) is 11.3 Å². The lowest BCUT2D eigenvalue weighted by Gasteiger charge is -2.22. The molecule has 2 heterocycles. The summed E-state index contributed by atoms with van der Waals surface area (Å²) < 4.78 is 0. The van der Waals surface area contributed by atoms with Crippen LogP contribution in [0.25, 0.3) is 6.08 Å². The number of amides is 1. The highest BCUT2D eigenvalue weighted by molar-refractivity contribution is 7.15. The second-order valence-corrected chi connectivity index (χ2v) is 7.85. The first-order chi connectivity index (χ1) is 13.0. The number of fused-ring (bicyclic) bond motifs is 1. The fraction of sp³-hybridized carbons (Fsp3) is 0.550. The summed E-state index contributed by atoms with van der Waals surface area (Å²) in [6, 6.07) is 1.79. The molecule has 0 atom stereocenters. The average molecular weight is 391 g/mol. The van der Waals surface area contributed by atoms with Crippen LogP contribution in [0.5, 0.6) is 0 Å². The van der Waals surface area contributed by atoms with E-state index in [4.69, 9.17) is 11.5 Å². The van der Waals surface area contributed by atoms with Crippen molar-refractivity contribution in [3.8, 4) is 0 Å². The van der Waals surface area contributed by atoms with Gasteiger partial charge >= 0.3 is 0 Å². The van der Waals surface area contributed by atoms with E-state index in [-0.39, 0.29) is 11.7 Å². The van der Waals surface area contributed by atoms with Crippen LogP contribution in [0.1, 0.15) is 66.9 Å². The maximum absolute atomic E-state index is 13.0. The molecule has 1 aromatic rings. The summed E-state index contributed by atoms with van der Waals surface area (Å²) in [7, 11) is 0. The molecule has 1 aliphatic rings. The number of amidine groups is 1. The van der Waals surface area contributed by atoms with Gasteiger partial charge in [0.25, 0.3) is 0 Å². The first-order valence-corrected chi connectivity index (χ1v) is 10.5. The molecule has 27 heavy (non-hydrogen) atoms. The number of nitrogens with two attached hydrogens (primary N) is 2. The molecule has 4 N–H and O–H groups in total. The molecule has 0 aromatic carbocycles. The quantitative estimate of drug-likeness (QED) is 0.471. The van der Waals surface area contributed by atoms with Gasteiger partial charge in [-0.1, -0.05) is 13.8 Å². The van der Waals surface area contributed by atoms with Crippen LogP contribution in [-0.2, 0) is 4.79 Å². The van der Waals surface area contributed by atoms with E-state index in [1.54, 1.807) is 6.07 Å². The maximum atomic E-state index is 13.0. The summed E-state index contributed by atoms with van der Waals surface area (Å²) in [6.07, 6.45) is 6.12. The largest absolute Gasteiger partial charge is 0.387 e. The van der Waals surface area contributed by atoms with Crippen LogP contribution in [0.4, 0.5) is 5.69 Å². The number of aliphatic imine (C=N–C) groups is 1. The summed E-state index contributed by atoms with van der Waals surface area (Å²) in [4.78, 5) is 33.2. The lowest BCUT2D eigenvalue weighted by molar-refractivity contribution is -0.127. The minimum atomic E-state index is 0.00826. The van der Waals surface area contributed by atoms with Crippen molar-refractivity contribution in [1.82, 2.24) is 4.90 Å². The molecule has 0 unspecified atom stereocenters. The Morgan fingerprint density at radius 2 is 1.93 bits per heavy atom. The maximum Gasteiger partial charge on any atom is 0.250 e. The van der Waals surface area contributed by atoms with E-state index in [1.165, 1.54) is 11.3 Å². The van der Waals surface area contributed by atoms with Gasteiger partial charge in [0.15, 0.2) is 5.78 Å². The summed E-state index contributed by atoms with van der Waals surface area (Å²) in [5.41, 5.74) is 12.9. The Balaban J connectivity index is 2.26. The van der Waals surface area contributed by atoms with Gasteiger partial charge in [-0.25, -0.2) is 4.99 Å². The van der Waals surface area contributed by atoms with E-state index in [1.807, 2.05) is 11.0 Å². The van der Waals surface area contributed by atoms with E-state index in [0.29, 0.717) is 41.4 Å². The first kappa shape index (κ1) is 21.3. The molecule has 148 valence electrons. The van der Waals surface area contributed by atoms with Gasteiger partial charge in [-0.3, -0.25) is 9.59 Å². The predicted octanol–water partition coefficient (Wildman–Crippen LogP) is 3.48. The number of carbonyl (C=O) groups excluding carboxylic acids is 2. The van der Waals surface area contributed by atoms with Gasteiger partial charge in [0.2, 0.25) is 5.91 Å². The van der Waals surface area contributed by atoms with E-state index < -0.39 is 0 Å². The smallest absolute Gasteiger partial charge is 0.250 e. The van der Waals surface area contributed by atoms with Gasteiger partial charge in [0.05, 0.1) is 15.4 Å². The molecule has 1 amide bonds. The monoisotopic (exact) mass is 390 g/mol. The number of nitrogens with zero attached hydrogens (tertiary/aromatic N) is 2. The third-order valence-electron chi connectivity index (χ3n) is 4.36. The van der Waals surface area contributed by atoms with Gasteiger partial charge in [-0.05, 0) is 44.4 Å². The fourth-order valence-corrected chi connectivity index (χ4v) is 4.10. The zero-order chi connectivity index (χ0) is 19.8. The van der Waals surface area contributed by atoms with Crippen molar-refractivity contribution in [2.45, 2.75) is 52.4 Å². The number of unbranched alkanes of at least 4 members (excludes halogenated alkanes) is 1. The number of Topliss-reactive ketones (excluding diaryl/α,β-unsaturated/α-hetero) is 1. The van der Waals surface area contributed by atoms with Crippen molar-refractivity contribution in [3.63, 3.8) is 0 Å². The molecule has 0 spiro atoms. The SMILES string of the molecule is CCCN(CCC)C(=O)C1=Cc2sc(C(=O)CCCCN)cc2N=C(N)C1. The topological polar surface area (TPSA) is 102 Å². The summed E-state index contributed by atoms with van der Waals surface area (Å²) in [6.45, 7) is 6.17. The van der Waals surface area contributed by atoms with E-state index in [9.17, 15) is 9.59 Å². The second kappa shape index (κ2) is 10.4. The normalized spacial score (nSPS) is 13.4. The van der Waals surface area contributed by atoms with Crippen molar-refractivity contribution in [1.29, 1.82) is 0 Å². The molecule has 0 saturated carbocycles. The minimum absolute atomic E-state index is 0.00826. The van der Waals surface area contributed by atoms with Crippen LogP contribution >= 0.6 is 11.3 Å². The van der Waals surface area contributed by atoms with E-state index in [2.05, 4.69) is 18.8 Å². The Hall–Kier alpha value is -1.99. The number of thiophene rings is 1. The Morgan fingerprint density at radius 1 is 1.22 bits per heavy atom. The number of hydrogen-bond acceptors (Lipinski definition) is 6.